The molecule has 0 spiro atoms. The minimum Gasteiger partial charge on any atom is -0.435 e. The summed E-state index contributed by atoms with van der Waals surface area (Å²) in [6.45, 7) is 1.43. The monoisotopic (exact) mass is 525 g/mol. The number of nitrogens with zero attached hydrogens (tertiary/aromatic N) is 1. The van der Waals surface area contributed by atoms with Crippen LogP contribution in [0.5, 0.6) is 0 Å². The van der Waals surface area contributed by atoms with E-state index >= 15 is 0 Å². The Morgan fingerprint density at radius 2 is 2.00 bits per heavy atom. The molecule has 2 aromatic heterocycles. The Hall–Kier alpha value is -2.05. The van der Waals surface area contributed by atoms with Crippen LogP contribution in [0.4, 0.5) is 4.79 Å². The van der Waals surface area contributed by atoms with E-state index in [2.05, 4.69) is 10.4 Å². The second kappa shape index (κ2) is 11.1. The number of rotatable bonds is 7. The molecule has 0 amide bonds. The smallest absolute Gasteiger partial charge is 0.435 e. The van der Waals surface area contributed by atoms with Gasteiger partial charge < -0.3 is 29.5 Å². The number of hydrogen-bond acceptors (Lipinski definition) is 10. The van der Waals surface area contributed by atoms with E-state index in [-0.39, 0.29) is 13.2 Å². The van der Waals surface area contributed by atoms with E-state index in [1.54, 1.807) is 47.8 Å². The Labute approximate surface area is 209 Å². The summed E-state index contributed by atoms with van der Waals surface area (Å²) >= 11 is 9.63. The minimum absolute atomic E-state index is 0.137. The number of aliphatic hydroxyl groups excluding tert-OH is 3. The van der Waals surface area contributed by atoms with Gasteiger partial charge in [0.1, 0.15) is 37.1 Å². The lowest BCUT2D eigenvalue weighted by atomic mass is 9.90. The molecule has 34 heavy (non-hydrogen) atoms. The highest BCUT2D eigenvalue weighted by Crippen LogP contribution is 2.35. The highest BCUT2D eigenvalue weighted by molar-refractivity contribution is 7.15. The van der Waals surface area contributed by atoms with Crippen LogP contribution in [-0.2, 0) is 20.6 Å². The number of thiophene rings is 1. The topological polar surface area (TPSA) is 118 Å². The predicted molar refractivity (Wildman–Crippen MR) is 128 cm³/mol. The molecule has 3 heterocycles. The molecule has 1 fully saturated rings. The molecule has 1 aromatic carbocycles. The number of carbonyl (C=O) groups is 1. The number of hydrogen-bond donors (Lipinski definition) is 3. The van der Waals surface area contributed by atoms with E-state index in [1.165, 1.54) is 0 Å². The van der Waals surface area contributed by atoms with Gasteiger partial charge in [-0.2, -0.15) is 11.3 Å². The van der Waals surface area contributed by atoms with Crippen molar-refractivity contribution >= 4 is 40.4 Å². The van der Waals surface area contributed by atoms with Crippen LogP contribution in [0.15, 0.2) is 41.2 Å². The van der Waals surface area contributed by atoms with Gasteiger partial charge in [-0.15, -0.1) is 11.3 Å². The van der Waals surface area contributed by atoms with E-state index in [0.29, 0.717) is 17.0 Å². The summed E-state index contributed by atoms with van der Waals surface area (Å²) in [6.07, 6.45) is -4.96. The highest BCUT2D eigenvalue weighted by atomic mass is 35.5. The van der Waals surface area contributed by atoms with Gasteiger partial charge in [0.25, 0.3) is 0 Å². The van der Waals surface area contributed by atoms with Crippen molar-refractivity contribution in [3.63, 3.8) is 0 Å². The van der Waals surface area contributed by atoms with E-state index in [9.17, 15) is 20.1 Å². The maximum Gasteiger partial charge on any atom is 0.508 e. The number of halogens is 1. The van der Waals surface area contributed by atoms with Gasteiger partial charge in [0.05, 0.1) is 16.5 Å². The predicted octanol–water partition coefficient (Wildman–Crippen LogP) is 3.81. The Morgan fingerprint density at radius 3 is 2.74 bits per heavy atom. The van der Waals surface area contributed by atoms with Crippen LogP contribution in [-0.4, -0.2) is 64.1 Å². The molecular weight excluding hydrogens is 502 g/mol. The molecule has 5 atom stereocenters. The average Bonchev–Trinajstić information content (AvgIpc) is 3.51. The first kappa shape index (κ1) is 25.1. The fraction of sp³-hybridized carbons (Fsp3) is 0.391. The molecule has 4 rings (SSSR count). The molecule has 1 aliphatic rings. The maximum absolute atomic E-state index is 11.5. The van der Waals surface area contributed by atoms with Crippen LogP contribution in [0.3, 0.4) is 0 Å². The highest BCUT2D eigenvalue weighted by Gasteiger charge is 2.44. The summed E-state index contributed by atoms with van der Waals surface area (Å²) in [4.78, 5) is 17.1. The molecular formula is C23H24ClNO7S2. The van der Waals surface area contributed by atoms with Crippen molar-refractivity contribution in [3.05, 3.63) is 62.4 Å². The number of benzene rings is 1. The lowest BCUT2D eigenvalue weighted by Crippen LogP contribution is -2.55. The van der Waals surface area contributed by atoms with E-state index in [0.717, 1.165) is 21.0 Å². The summed E-state index contributed by atoms with van der Waals surface area (Å²) in [5, 5.41) is 36.8. The fourth-order valence-electron chi connectivity index (χ4n) is 3.67. The van der Waals surface area contributed by atoms with E-state index < -0.39 is 36.7 Å². The van der Waals surface area contributed by atoms with Crippen molar-refractivity contribution in [3.8, 4) is 10.4 Å². The van der Waals surface area contributed by atoms with Gasteiger partial charge in [-0.3, -0.25) is 0 Å². The molecule has 0 radical (unpaired) electrons. The number of carbonyl (C=O) groups excluding carboxylic acids is 1. The first-order valence-electron chi connectivity index (χ1n) is 10.6. The quantitative estimate of drug-likeness (QED) is 0.398. The zero-order valence-electron chi connectivity index (χ0n) is 18.2. The molecule has 0 bridgehead atoms. The third-order valence-corrected chi connectivity index (χ3v) is 7.54. The summed E-state index contributed by atoms with van der Waals surface area (Å²) in [7, 11) is 0. The molecule has 0 aliphatic carbocycles. The zero-order valence-corrected chi connectivity index (χ0v) is 20.6. The number of thiazole rings is 1. The zero-order chi connectivity index (χ0) is 24.2. The van der Waals surface area contributed by atoms with E-state index in [1.807, 2.05) is 17.6 Å². The van der Waals surface area contributed by atoms with Gasteiger partial charge in [-0.1, -0.05) is 23.7 Å². The number of aromatic nitrogens is 1. The Bertz CT molecular complexity index is 1110. The second-order valence-corrected chi connectivity index (χ2v) is 10.0. The lowest BCUT2D eigenvalue weighted by Gasteiger charge is -2.40. The Kier molecular flexibility index (Phi) is 8.20. The first-order valence-corrected chi connectivity index (χ1v) is 12.8. The summed E-state index contributed by atoms with van der Waals surface area (Å²) in [5.74, 6) is 0. The van der Waals surface area contributed by atoms with Crippen molar-refractivity contribution in [2.75, 3.05) is 13.2 Å². The summed E-state index contributed by atoms with van der Waals surface area (Å²) in [5.41, 5.74) is 2.46. The van der Waals surface area contributed by atoms with Crippen molar-refractivity contribution in [1.82, 2.24) is 4.98 Å². The van der Waals surface area contributed by atoms with Crippen molar-refractivity contribution in [2.45, 2.75) is 43.9 Å². The molecule has 1 aliphatic heterocycles. The number of ether oxygens (including phenoxy) is 3. The summed E-state index contributed by atoms with van der Waals surface area (Å²) in [6, 6.07) is 7.21. The second-order valence-electron chi connectivity index (χ2n) is 7.72. The minimum atomic E-state index is -1.50. The fourth-order valence-corrected chi connectivity index (χ4v) is 5.53. The molecule has 0 unspecified atom stereocenters. The normalized spacial score (nSPS) is 24.7. The van der Waals surface area contributed by atoms with Crippen LogP contribution in [0.25, 0.3) is 10.4 Å². The average molecular weight is 526 g/mol. The largest absolute Gasteiger partial charge is 0.508 e. The molecule has 8 nitrogen and oxygen atoms in total. The standard InChI is InChI=1S/C23H24ClNO7S2/c1-2-30-23(29)31-10-16-19(26)20(27)21(28)22(32-16)12-3-4-15(24)14(7-12)8-18-25-9-17(34-18)13-5-6-33-11-13/h3-7,9,11,16,19-22,26-28H,2,8,10H2,1H3/t16-,19+,20-,21-,22+/m1/s1. The Balaban J connectivity index is 1.51. The van der Waals surface area contributed by atoms with E-state index in [4.69, 9.17) is 25.8 Å². The molecule has 182 valence electrons. The van der Waals surface area contributed by atoms with Crippen molar-refractivity contribution in [2.24, 2.45) is 0 Å². The van der Waals surface area contributed by atoms with Crippen LogP contribution in [0.1, 0.15) is 29.2 Å². The Morgan fingerprint density at radius 1 is 1.18 bits per heavy atom. The molecule has 3 N–H and O–H groups in total. The van der Waals surface area contributed by atoms with Crippen molar-refractivity contribution in [1.29, 1.82) is 0 Å². The first-order chi connectivity index (χ1) is 16.4. The summed E-state index contributed by atoms with van der Waals surface area (Å²) < 4.78 is 15.5. The van der Waals surface area contributed by atoms with Gasteiger partial charge in [-0.05, 0) is 40.9 Å². The maximum atomic E-state index is 11.5. The van der Waals surface area contributed by atoms with Crippen LogP contribution in [0.2, 0.25) is 5.02 Å². The molecule has 11 heteroatoms. The van der Waals surface area contributed by atoms with Gasteiger partial charge in [0, 0.05) is 23.2 Å². The molecule has 3 aromatic rings. The molecule has 1 saturated heterocycles. The van der Waals surface area contributed by atoms with Crippen LogP contribution in [0, 0.1) is 0 Å². The SMILES string of the molecule is CCOC(=O)OC[C@H]1O[C@@H](c2ccc(Cl)c(Cc3ncc(-c4ccsc4)s3)c2)[C@H](O)[C@H](O)[C@H]1O. The van der Waals surface area contributed by atoms with Gasteiger partial charge >= 0.3 is 6.16 Å². The lowest BCUT2D eigenvalue weighted by molar-refractivity contribution is -0.232. The van der Waals surface area contributed by atoms with Crippen LogP contribution < -0.4 is 0 Å². The van der Waals surface area contributed by atoms with Gasteiger partial charge in [-0.25, -0.2) is 9.78 Å². The van der Waals surface area contributed by atoms with Crippen molar-refractivity contribution < 1.29 is 34.3 Å². The number of aliphatic hydroxyl groups is 3. The third kappa shape index (κ3) is 5.60. The van der Waals surface area contributed by atoms with Crippen LogP contribution >= 0.6 is 34.3 Å². The third-order valence-electron chi connectivity index (χ3n) is 5.44. The molecule has 0 saturated carbocycles. The van der Waals surface area contributed by atoms with Gasteiger partial charge in [0.2, 0.25) is 0 Å². The van der Waals surface area contributed by atoms with Gasteiger partial charge in [0.15, 0.2) is 0 Å².